The molecule has 1 aliphatic heterocycles. The molecule has 0 amide bonds. The average molecular weight is 180 g/mol. The first kappa shape index (κ1) is 7.10. The molecule has 3 rings (SSSR count). The van der Waals surface area contributed by atoms with Crippen LogP contribution in [0.5, 0.6) is 0 Å². The largest absolute Gasteiger partial charge is 0.0891 e. The fraction of sp³-hybridized carbons (Fsp3) is 0. The molecule has 0 aliphatic carbocycles. The van der Waals surface area contributed by atoms with Crippen molar-refractivity contribution in [2.45, 2.75) is 0 Å². The molecule has 0 saturated carbocycles. The lowest BCUT2D eigenvalue weighted by molar-refractivity contribution is 1.69. The third-order valence-corrected chi connectivity index (χ3v) is 4.50. The van der Waals surface area contributed by atoms with Crippen molar-refractivity contribution in [1.82, 2.24) is 0 Å². The molecule has 2 aromatic carbocycles. The van der Waals surface area contributed by atoms with Gasteiger partial charge in [-0.3, -0.25) is 0 Å². The minimum absolute atomic E-state index is 0.223. The van der Waals surface area contributed by atoms with Crippen molar-refractivity contribution in [3.63, 3.8) is 0 Å². The zero-order valence-corrected chi connectivity index (χ0v) is 8.59. The van der Waals surface area contributed by atoms with Crippen LogP contribution in [0.1, 0.15) is 0 Å². The lowest BCUT2D eigenvalue weighted by Gasteiger charge is -1.98. The van der Waals surface area contributed by atoms with Gasteiger partial charge in [0.25, 0.3) is 0 Å². The second-order valence-corrected chi connectivity index (χ2v) is 5.22. The zero-order chi connectivity index (χ0) is 8.67. The van der Waals surface area contributed by atoms with Crippen LogP contribution in [0.15, 0.2) is 36.4 Å². The summed E-state index contributed by atoms with van der Waals surface area (Å²) in [5, 5.41) is 3.05. The molecular weight excluding hydrogens is 172 g/mol. The summed E-state index contributed by atoms with van der Waals surface area (Å²) in [5.74, 6) is 0. The lowest BCUT2D eigenvalue weighted by atomic mass is 10.1. The molecule has 1 heterocycles. The SMILES string of the molecule is [c]1ccc2c(c1)[SiH2]c1c[c]ccc1-2. The summed E-state index contributed by atoms with van der Waals surface area (Å²) < 4.78 is 0. The molecule has 0 atom stereocenters. The minimum Gasteiger partial charge on any atom is -0.0548 e. The maximum absolute atomic E-state index is 3.15. The van der Waals surface area contributed by atoms with Gasteiger partial charge in [-0.25, -0.2) is 0 Å². The van der Waals surface area contributed by atoms with Crippen LogP contribution < -0.4 is 10.4 Å². The van der Waals surface area contributed by atoms with E-state index in [9.17, 15) is 0 Å². The van der Waals surface area contributed by atoms with E-state index >= 15 is 0 Å². The fourth-order valence-electron chi connectivity index (χ4n) is 1.95. The third kappa shape index (κ3) is 0.973. The summed E-state index contributed by atoms with van der Waals surface area (Å²) >= 11 is 0. The second-order valence-electron chi connectivity index (χ2n) is 3.34. The smallest absolute Gasteiger partial charge is 0.0548 e. The van der Waals surface area contributed by atoms with Gasteiger partial charge in [0.05, 0.1) is 9.52 Å². The van der Waals surface area contributed by atoms with Crippen LogP contribution in [-0.2, 0) is 0 Å². The third-order valence-electron chi connectivity index (χ3n) is 2.57. The molecule has 0 aromatic heterocycles. The van der Waals surface area contributed by atoms with Crippen molar-refractivity contribution in [1.29, 1.82) is 0 Å². The zero-order valence-electron chi connectivity index (χ0n) is 7.17. The Morgan fingerprint density at radius 1 is 0.846 bits per heavy atom. The Bertz CT molecular complexity index is 417. The normalized spacial score (nSPS) is 12.3. The first-order chi connectivity index (χ1) is 6.45. The molecular formula is C12H8Si. The molecule has 13 heavy (non-hydrogen) atoms. The van der Waals surface area contributed by atoms with Gasteiger partial charge >= 0.3 is 0 Å². The van der Waals surface area contributed by atoms with Crippen molar-refractivity contribution in [2.24, 2.45) is 0 Å². The van der Waals surface area contributed by atoms with Gasteiger partial charge in [0.1, 0.15) is 0 Å². The predicted octanol–water partition coefficient (Wildman–Crippen LogP) is 0.387. The second kappa shape index (κ2) is 2.57. The highest BCUT2D eigenvalue weighted by atomic mass is 28.2. The number of benzene rings is 2. The topological polar surface area (TPSA) is 0 Å². The van der Waals surface area contributed by atoms with E-state index in [1.54, 1.807) is 0 Å². The van der Waals surface area contributed by atoms with Crippen LogP contribution in [0.25, 0.3) is 11.1 Å². The molecule has 0 unspecified atom stereocenters. The maximum atomic E-state index is 3.15. The van der Waals surface area contributed by atoms with E-state index in [4.69, 9.17) is 0 Å². The number of rotatable bonds is 0. The van der Waals surface area contributed by atoms with E-state index in [1.165, 1.54) is 21.5 Å². The molecule has 0 bridgehead atoms. The number of hydrogen-bond donors (Lipinski definition) is 0. The highest BCUT2D eigenvalue weighted by Gasteiger charge is 2.16. The molecule has 1 aliphatic rings. The van der Waals surface area contributed by atoms with Gasteiger partial charge < -0.3 is 0 Å². The van der Waals surface area contributed by atoms with Crippen molar-refractivity contribution in [3.8, 4) is 11.1 Å². The molecule has 60 valence electrons. The molecule has 0 spiro atoms. The fourth-order valence-corrected chi connectivity index (χ4v) is 3.80. The Hall–Kier alpha value is -1.34. The summed E-state index contributed by atoms with van der Waals surface area (Å²) in [6.45, 7) is 0. The van der Waals surface area contributed by atoms with E-state index in [2.05, 4.69) is 36.4 Å². The number of fused-ring (bicyclic) bond motifs is 3. The summed E-state index contributed by atoms with van der Waals surface area (Å²) in [6.07, 6.45) is 0. The summed E-state index contributed by atoms with van der Waals surface area (Å²) in [5.41, 5.74) is 2.85. The first-order valence-corrected chi connectivity index (χ1v) is 5.85. The molecule has 0 nitrogen and oxygen atoms in total. The van der Waals surface area contributed by atoms with Gasteiger partial charge in [0.15, 0.2) is 0 Å². The highest BCUT2D eigenvalue weighted by molar-refractivity contribution is 6.73. The Kier molecular flexibility index (Phi) is 1.40. The van der Waals surface area contributed by atoms with E-state index < -0.39 is 0 Å². The van der Waals surface area contributed by atoms with Crippen LogP contribution in [0.2, 0.25) is 0 Å². The average Bonchev–Trinajstić information content (AvgIpc) is 2.56. The Balaban J connectivity index is 2.32. The van der Waals surface area contributed by atoms with Gasteiger partial charge in [0.2, 0.25) is 0 Å². The minimum atomic E-state index is -0.223. The van der Waals surface area contributed by atoms with Crippen LogP contribution >= 0.6 is 0 Å². The van der Waals surface area contributed by atoms with Crippen LogP contribution in [0.4, 0.5) is 0 Å². The molecule has 0 fully saturated rings. The van der Waals surface area contributed by atoms with Crippen molar-refractivity contribution in [3.05, 3.63) is 48.5 Å². The van der Waals surface area contributed by atoms with Crippen molar-refractivity contribution in [2.75, 3.05) is 0 Å². The van der Waals surface area contributed by atoms with Crippen molar-refractivity contribution >= 4 is 19.9 Å². The van der Waals surface area contributed by atoms with Gasteiger partial charge in [-0.05, 0) is 23.3 Å². The van der Waals surface area contributed by atoms with E-state index in [-0.39, 0.29) is 9.52 Å². The van der Waals surface area contributed by atoms with Gasteiger partial charge in [-0.2, -0.15) is 0 Å². The summed E-state index contributed by atoms with van der Waals surface area (Å²) in [4.78, 5) is 0. The lowest BCUT2D eigenvalue weighted by Crippen LogP contribution is -2.20. The molecule has 2 aromatic rings. The quantitative estimate of drug-likeness (QED) is 0.439. The van der Waals surface area contributed by atoms with Crippen LogP contribution in [0.3, 0.4) is 0 Å². The highest BCUT2D eigenvalue weighted by Crippen LogP contribution is 2.18. The molecule has 0 N–H and O–H groups in total. The van der Waals surface area contributed by atoms with Gasteiger partial charge in [-0.15, -0.1) is 0 Å². The Labute approximate surface area is 80.1 Å². The first-order valence-electron chi connectivity index (χ1n) is 4.43. The maximum Gasteiger partial charge on any atom is 0.0891 e. The summed E-state index contributed by atoms with van der Waals surface area (Å²) in [6, 6.07) is 18.9. The van der Waals surface area contributed by atoms with Crippen LogP contribution in [-0.4, -0.2) is 9.52 Å². The summed E-state index contributed by atoms with van der Waals surface area (Å²) in [7, 11) is -0.223. The standard InChI is InChI=1S/C12H8Si/c1-3-7-11-9(5-1)10-6-2-4-8-12(10)13-11/h1-2,5-8H,13H2. The number of hydrogen-bond acceptors (Lipinski definition) is 0. The molecule has 1 heteroatoms. The monoisotopic (exact) mass is 180 g/mol. The molecule has 2 radical (unpaired) electrons. The van der Waals surface area contributed by atoms with Crippen LogP contribution in [0, 0.1) is 12.1 Å². The van der Waals surface area contributed by atoms with E-state index in [0.29, 0.717) is 0 Å². The van der Waals surface area contributed by atoms with Crippen molar-refractivity contribution < 1.29 is 0 Å². The van der Waals surface area contributed by atoms with E-state index in [0.717, 1.165) is 0 Å². The Morgan fingerprint density at radius 3 is 1.92 bits per heavy atom. The Morgan fingerprint density at radius 2 is 1.38 bits per heavy atom. The van der Waals surface area contributed by atoms with Gasteiger partial charge in [0, 0.05) is 0 Å². The predicted molar refractivity (Wildman–Crippen MR) is 57.4 cm³/mol. The molecule has 0 saturated heterocycles. The van der Waals surface area contributed by atoms with E-state index in [1.807, 2.05) is 12.1 Å². The van der Waals surface area contributed by atoms with Gasteiger partial charge in [-0.1, -0.05) is 46.8 Å².